The maximum absolute atomic E-state index is 13.7. The summed E-state index contributed by atoms with van der Waals surface area (Å²) in [6, 6.07) is 0. The summed E-state index contributed by atoms with van der Waals surface area (Å²) in [5.74, 6) is 1.41. The number of methoxy groups -OCH3 is 1. The van der Waals surface area contributed by atoms with Crippen LogP contribution in [0.5, 0.6) is 0 Å². The van der Waals surface area contributed by atoms with Crippen molar-refractivity contribution in [2.45, 2.75) is 78.6 Å². The first kappa shape index (κ1) is 21.7. The summed E-state index contributed by atoms with van der Waals surface area (Å²) in [7, 11) is 1.41. The lowest BCUT2D eigenvalue weighted by Crippen LogP contribution is -2.60. The van der Waals surface area contributed by atoms with Crippen LogP contribution in [-0.4, -0.2) is 30.4 Å². The van der Waals surface area contributed by atoms with Gasteiger partial charge in [0.05, 0.1) is 7.11 Å². The SMILES string of the molecule is COC(=O)CC[C@@H](C)C1CC[C@H]2C3C(=O)CC4CC(=O)CCC4(C)[C@H]3CC(=O)C12C. The molecule has 4 aliphatic carbocycles. The third kappa shape index (κ3) is 3.10. The quantitative estimate of drug-likeness (QED) is 0.643. The van der Waals surface area contributed by atoms with Crippen molar-refractivity contribution in [1.82, 2.24) is 0 Å². The Morgan fingerprint density at radius 3 is 2.53 bits per heavy atom. The number of ketones is 3. The average molecular weight is 417 g/mol. The molecule has 0 aromatic heterocycles. The zero-order valence-electron chi connectivity index (χ0n) is 18.9. The maximum atomic E-state index is 13.7. The largest absolute Gasteiger partial charge is 0.469 e. The molecule has 4 rings (SSSR count). The van der Waals surface area contributed by atoms with E-state index in [-0.39, 0.29) is 52.7 Å². The molecule has 0 aromatic rings. The first-order chi connectivity index (χ1) is 14.1. The van der Waals surface area contributed by atoms with Crippen LogP contribution >= 0.6 is 0 Å². The van der Waals surface area contributed by atoms with Gasteiger partial charge in [-0.05, 0) is 60.7 Å². The van der Waals surface area contributed by atoms with Gasteiger partial charge in [0, 0.05) is 43.4 Å². The van der Waals surface area contributed by atoms with Gasteiger partial charge in [-0.2, -0.15) is 0 Å². The maximum Gasteiger partial charge on any atom is 0.305 e. The molecule has 0 spiro atoms. The number of carbonyl (C=O) groups is 4. The van der Waals surface area contributed by atoms with Gasteiger partial charge >= 0.3 is 5.97 Å². The molecule has 0 N–H and O–H groups in total. The van der Waals surface area contributed by atoms with Crippen molar-refractivity contribution in [3.05, 3.63) is 0 Å². The minimum absolute atomic E-state index is 0.0417. The van der Waals surface area contributed by atoms with Crippen LogP contribution in [0.2, 0.25) is 0 Å². The number of ether oxygens (including phenoxy) is 1. The molecule has 166 valence electrons. The van der Waals surface area contributed by atoms with Gasteiger partial charge in [-0.25, -0.2) is 0 Å². The highest BCUT2D eigenvalue weighted by Gasteiger charge is 2.66. The molecule has 4 aliphatic rings. The molecule has 4 saturated carbocycles. The van der Waals surface area contributed by atoms with E-state index in [2.05, 4.69) is 20.8 Å². The molecule has 8 atom stereocenters. The molecule has 5 nitrogen and oxygen atoms in total. The molecule has 0 amide bonds. The highest BCUT2D eigenvalue weighted by Crippen LogP contribution is 2.66. The lowest BCUT2D eigenvalue weighted by atomic mass is 9.44. The Kier molecular flexibility index (Phi) is 5.47. The highest BCUT2D eigenvalue weighted by molar-refractivity contribution is 5.93. The third-order valence-electron chi connectivity index (χ3n) is 9.94. The molecule has 0 heterocycles. The second kappa shape index (κ2) is 7.56. The monoisotopic (exact) mass is 416 g/mol. The van der Waals surface area contributed by atoms with E-state index in [0.29, 0.717) is 43.7 Å². The second-order valence-electron chi connectivity index (χ2n) is 11.0. The van der Waals surface area contributed by atoms with Crippen LogP contribution in [0, 0.1) is 46.3 Å². The summed E-state index contributed by atoms with van der Waals surface area (Å²) in [6.07, 6.45) is 5.87. The van der Waals surface area contributed by atoms with Gasteiger partial charge in [-0.3, -0.25) is 19.2 Å². The van der Waals surface area contributed by atoms with Gasteiger partial charge in [-0.15, -0.1) is 0 Å². The van der Waals surface area contributed by atoms with Crippen LogP contribution < -0.4 is 0 Å². The van der Waals surface area contributed by atoms with E-state index in [1.54, 1.807) is 0 Å². The van der Waals surface area contributed by atoms with Crippen LogP contribution in [0.25, 0.3) is 0 Å². The minimum Gasteiger partial charge on any atom is -0.469 e. The predicted octanol–water partition coefficient (Wildman–Crippen LogP) is 4.16. The third-order valence-corrected chi connectivity index (χ3v) is 9.94. The van der Waals surface area contributed by atoms with Crippen LogP contribution in [0.4, 0.5) is 0 Å². The van der Waals surface area contributed by atoms with E-state index in [0.717, 1.165) is 25.7 Å². The molecule has 5 unspecified atom stereocenters. The highest BCUT2D eigenvalue weighted by atomic mass is 16.5. The Morgan fingerprint density at radius 1 is 1.10 bits per heavy atom. The van der Waals surface area contributed by atoms with E-state index >= 15 is 0 Å². The number of hydrogen-bond donors (Lipinski definition) is 0. The second-order valence-corrected chi connectivity index (χ2v) is 11.0. The fourth-order valence-electron chi connectivity index (χ4n) is 8.04. The summed E-state index contributed by atoms with van der Waals surface area (Å²) in [4.78, 5) is 50.7. The summed E-state index contributed by atoms with van der Waals surface area (Å²) >= 11 is 0. The molecular weight excluding hydrogens is 380 g/mol. The topological polar surface area (TPSA) is 77.5 Å². The van der Waals surface area contributed by atoms with Crippen molar-refractivity contribution < 1.29 is 23.9 Å². The van der Waals surface area contributed by atoms with Crippen molar-refractivity contribution in [1.29, 1.82) is 0 Å². The molecule has 30 heavy (non-hydrogen) atoms. The van der Waals surface area contributed by atoms with Crippen molar-refractivity contribution in [2.75, 3.05) is 7.11 Å². The van der Waals surface area contributed by atoms with Gasteiger partial charge in [0.15, 0.2) is 0 Å². The van der Waals surface area contributed by atoms with Gasteiger partial charge in [0.1, 0.15) is 17.3 Å². The Morgan fingerprint density at radius 2 is 1.83 bits per heavy atom. The zero-order valence-corrected chi connectivity index (χ0v) is 18.9. The van der Waals surface area contributed by atoms with Crippen molar-refractivity contribution in [2.24, 2.45) is 46.3 Å². The molecular formula is C25H36O5. The van der Waals surface area contributed by atoms with Gasteiger partial charge < -0.3 is 4.74 Å². The van der Waals surface area contributed by atoms with E-state index in [1.807, 2.05) is 0 Å². The summed E-state index contributed by atoms with van der Waals surface area (Å²) in [6.45, 7) is 6.50. The molecule has 0 aromatic carbocycles. The summed E-state index contributed by atoms with van der Waals surface area (Å²) < 4.78 is 4.80. The number of carbonyl (C=O) groups excluding carboxylic acids is 4. The van der Waals surface area contributed by atoms with Crippen molar-refractivity contribution >= 4 is 23.3 Å². The molecule has 4 fully saturated rings. The van der Waals surface area contributed by atoms with E-state index in [4.69, 9.17) is 4.74 Å². The van der Waals surface area contributed by atoms with E-state index in [1.165, 1.54) is 7.11 Å². The van der Waals surface area contributed by atoms with Crippen LogP contribution in [0.1, 0.15) is 78.6 Å². The van der Waals surface area contributed by atoms with Gasteiger partial charge in [0.25, 0.3) is 0 Å². The minimum atomic E-state index is -0.472. The predicted molar refractivity (Wildman–Crippen MR) is 111 cm³/mol. The Hall–Kier alpha value is -1.52. The fraction of sp³-hybridized carbons (Fsp3) is 0.840. The number of fused-ring (bicyclic) bond motifs is 5. The molecule has 0 radical (unpaired) electrons. The first-order valence-corrected chi connectivity index (χ1v) is 11.8. The smallest absolute Gasteiger partial charge is 0.305 e. The number of rotatable bonds is 4. The Balaban J connectivity index is 1.60. The van der Waals surface area contributed by atoms with E-state index < -0.39 is 5.41 Å². The van der Waals surface area contributed by atoms with Crippen molar-refractivity contribution in [3.63, 3.8) is 0 Å². The van der Waals surface area contributed by atoms with Gasteiger partial charge in [-0.1, -0.05) is 20.8 Å². The number of esters is 1. The molecule has 0 bridgehead atoms. The van der Waals surface area contributed by atoms with Crippen LogP contribution in [0.3, 0.4) is 0 Å². The van der Waals surface area contributed by atoms with Crippen LogP contribution in [-0.2, 0) is 23.9 Å². The Bertz CT molecular complexity index is 772. The lowest BCUT2D eigenvalue weighted by molar-refractivity contribution is -0.166. The number of hydrogen-bond acceptors (Lipinski definition) is 5. The fourth-order valence-corrected chi connectivity index (χ4v) is 8.04. The first-order valence-electron chi connectivity index (χ1n) is 11.8. The molecule has 0 aliphatic heterocycles. The lowest BCUT2D eigenvalue weighted by Gasteiger charge is -2.58. The summed E-state index contributed by atoms with van der Waals surface area (Å²) in [5, 5.41) is 0. The van der Waals surface area contributed by atoms with Crippen molar-refractivity contribution in [3.8, 4) is 0 Å². The average Bonchev–Trinajstić information content (AvgIpc) is 3.06. The standard InChI is InChI=1S/C25H36O5/c1-14(5-8-22(29)30-4)17-6-7-18-23-19(13-21(28)25(17,18)3)24(2)10-9-16(26)11-15(24)12-20(23)27/h14-15,17-19,23H,5-13H2,1-4H3/t14-,15?,17?,18+,19+,23?,24?,25?/m1/s1. The number of Topliss-reactive ketones (excluding diaryl/α,β-unsaturated/α-hetero) is 3. The molecule has 0 saturated heterocycles. The molecule has 5 heteroatoms. The zero-order chi connectivity index (χ0) is 21.8. The van der Waals surface area contributed by atoms with Gasteiger partial charge in [0.2, 0.25) is 0 Å². The van der Waals surface area contributed by atoms with Crippen LogP contribution in [0.15, 0.2) is 0 Å². The Labute approximate surface area is 179 Å². The summed E-state index contributed by atoms with van der Waals surface area (Å²) in [5.41, 5.74) is -0.544. The normalized spacial score (nSPS) is 44.1. The van der Waals surface area contributed by atoms with E-state index in [9.17, 15) is 19.2 Å².